The van der Waals surface area contributed by atoms with Crippen LogP contribution in [0.1, 0.15) is 22.7 Å². The molecule has 170 valence electrons. The molecule has 1 aliphatic heterocycles. The number of thiophene rings is 1. The zero-order valence-electron chi connectivity index (χ0n) is 17.2. The summed E-state index contributed by atoms with van der Waals surface area (Å²) >= 11 is 4.62. The summed E-state index contributed by atoms with van der Waals surface area (Å²) in [5, 5.41) is 9.85. The van der Waals surface area contributed by atoms with E-state index >= 15 is 0 Å². The molecule has 1 aromatic heterocycles. The molecule has 1 atom stereocenters. The Labute approximate surface area is 202 Å². The van der Waals surface area contributed by atoms with E-state index in [1.54, 1.807) is 36.4 Å². The van der Waals surface area contributed by atoms with E-state index in [1.165, 1.54) is 41.7 Å². The fourth-order valence-electron chi connectivity index (χ4n) is 3.53. The van der Waals surface area contributed by atoms with Gasteiger partial charge < -0.3 is 4.74 Å². The summed E-state index contributed by atoms with van der Waals surface area (Å²) in [5.74, 6) is -0.137. The molecule has 1 fully saturated rings. The number of ether oxygens (including phenoxy) is 1. The van der Waals surface area contributed by atoms with Crippen LogP contribution in [-0.2, 0) is 14.6 Å². The molecule has 3 aromatic rings. The molecular formula is C22H17BrN2O6S2. The highest BCUT2D eigenvalue weighted by atomic mass is 79.9. The fourth-order valence-corrected chi connectivity index (χ4v) is 6.84. The molecule has 1 amide bonds. The average molecular weight is 549 g/mol. The van der Waals surface area contributed by atoms with Gasteiger partial charge in [0.05, 0.1) is 15.3 Å². The number of hydrogen-bond donors (Lipinski definition) is 0. The van der Waals surface area contributed by atoms with E-state index in [9.17, 15) is 23.3 Å². The van der Waals surface area contributed by atoms with Crippen LogP contribution in [0.5, 0.6) is 5.75 Å². The average Bonchev–Trinajstić information content (AvgIpc) is 3.28. The van der Waals surface area contributed by atoms with E-state index in [0.717, 1.165) is 8.69 Å². The van der Waals surface area contributed by atoms with Gasteiger partial charge in [-0.05, 0) is 70.9 Å². The Morgan fingerprint density at radius 1 is 1.18 bits per heavy atom. The molecule has 33 heavy (non-hydrogen) atoms. The molecular weight excluding hydrogens is 532 g/mol. The summed E-state index contributed by atoms with van der Waals surface area (Å²) < 4.78 is 33.5. The molecule has 0 N–H and O–H groups in total. The summed E-state index contributed by atoms with van der Waals surface area (Å²) in [5.41, 5.74) is 0.197. The van der Waals surface area contributed by atoms with Crippen LogP contribution in [0.15, 0.2) is 69.4 Å². The highest BCUT2D eigenvalue weighted by Gasteiger charge is 2.50. The number of hydrogen-bond acceptors (Lipinski definition) is 7. The Bertz CT molecular complexity index is 1370. The van der Waals surface area contributed by atoms with Gasteiger partial charge in [0.2, 0.25) is 9.84 Å². The molecule has 2 heterocycles. The second kappa shape index (κ2) is 9.08. The van der Waals surface area contributed by atoms with Gasteiger partial charge in [0, 0.05) is 22.7 Å². The summed E-state index contributed by atoms with van der Waals surface area (Å²) in [6, 6.07) is 15.2. The van der Waals surface area contributed by atoms with Crippen LogP contribution in [-0.4, -0.2) is 25.9 Å². The summed E-state index contributed by atoms with van der Waals surface area (Å²) in [4.78, 5) is 25.5. The topological polar surface area (TPSA) is 107 Å². The van der Waals surface area contributed by atoms with E-state index < -0.39 is 26.0 Å². The number of carbonyl (C=O) groups is 1. The molecule has 0 aliphatic carbocycles. The minimum atomic E-state index is -4.20. The summed E-state index contributed by atoms with van der Waals surface area (Å²) in [6.07, 6.45) is 1.34. The number of sulfone groups is 1. The lowest BCUT2D eigenvalue weighted by molar-refractivity contribution is -0.384. The molecule has 11 heteroatoms. The van der Waals surface area contributed by atoms with Crippen LogP contribution in [0, 0.1) is 10.1 Å². The van der Waals surface area contributed by atoms with Gasteiger partial charge in [-0.25, -0.2) is 8.42 Å². The predicted octanol–water partition coefficient (Wildman–Crippen LogP) is 5.32. The lowest BCUT2D eigenvalue weighted by Crippen LogP contribution is -2.29. The van der Waals surface area contributed by atoms with Crippen molar-refractivity contribution >= 4 is 60.5 Å². The number of rotatable bonds is 6. The second-order valence-electron chi connectivity index (χ2n) is 7.00. The zero-order valence-corrected chi connectivity index (χ0v) is 20.4. The lowest BCUT2D eigenvalue weighted by atomic mass is 10.1. The quantitative estimate of drug-likeness (QED) is 0.234. The van der Waals surface area contributed by atoms with Crippen LogP contribution in [0.3, 0.4) is 0 Å². The van der Waals surface area contributed by atoms with Gasteiger partial charge >= 0.3 is 0 Å². The first-order valence-electron chi connectivity index (χ1n) is 9.74. The Balaban J connectivity index is 1.89. The number of non-ortho nitro benzene ring substituents is 1. The Hall–Kier alpha value is -3.02. The number of nitrogens with zero attached hydrogens (tertiary/aromatic N) is 2. The Morgan fingerprint density at radius 2 is 1.91 bits per heavy atom. The summed E-state index contributed by atoms with van der Waals surface area (Å²) in [6.45, 7) is 2.29. The highest BCUT2D eigenvalue weighted by Crippen LogP contribution is 2.44. The maximum absolute atomic E-state index is 13.6. The maximum Gasteiger partial charge on any atom is 0.271 e. The molecule has 8 nitrogen and oxygen atoms in total. The monoisotopic (exact) mass is 548 g/mol. The van der Waals surface area contributed by atoms with Crippen LogP contribution >= 0.6 is 27.3 Å². The Kier molecular flexibility index (Phi) is 6.37. The third-order valence-corrected chi connectivity index (χ3v) is 8.47. The molecule has 0 saturated carbocycles. The molecule has 1 unspecified atom stereocenters. The zero-order chi connectivity index (χ0) is 23.8. The normalized spacial score (nSPS) is 18.6. The largest absolute Gasteiger partial charge is 0.494 e. The number of amides is 1. The van der Waals surface area contributed by atoms with E-state index in [-0.39, 0.29) is 16.2 Å². The number of carbonyl (C=O) groups excluding carboxylic acids is 1. The third kappa shape index (κ3) is 4.43. The minimum Gasteiger partial charge on any atom is -0.494 e. The molecule has 0 bridgehead atoms. The first-order chi connectivity index (χ1) is 15.7. The molecule has 2 aromatic carbocycles. The first-order valence-corrected chi connectivity index (χ1v) is 12.9. The number of nitro groups is 1. The summed E-state index contributed by atoms with van der Waals surface area (Å²) in [7, 11) is -4.20. The van der Waals surface area contributed by atoms with Crippen LogP contribution in [0.2, 0.25) is 0 Å². The van der Waals surface area contributed by atoms with Crippen molar-refractivity contribution in [3.05, 3.63) is 89.9 Å². The van der Waals surface area contributed by atoms with E-state index in [1.807, 2.05) is 6.92 Å². The van der Waals surface area contributed by atoms with E-state index in [0.29, 0.717) is 22.9 Å². The first kappa shape index (κ1) is 23.1. The third-order valence-electron chi connectivity index (χ3n) is 4.92. The van der Waals surface area contributed by atoms with Crippen molar-refractivity contribution in [1.82, 2.24) is 0 Å². The van der Waals surface area contributed by atoms with Gasteiger partial charge in [-0.2, -0.15) is 0 Å². The predicted molar refractivity (Wildman–Crippen MR) is 130 cm³/mol. The van der Waals surface area contributed by atoms with Crippen molar-refractivity contribution in [2.45, 2.75) is 12.3 Å². The Morgan fingerprint density at radius 3 is 2.52 bits per heavy atom. The molecule has 1 saturated heterocycles. The van der Waals surface area contributed by atoms with Gasteiger partial charge in [0.15, 0.2) is 5.37 Å². The lowest BCUT2D eigenvalue weighted by Gasteiger charge is -2.23. The van der Waals surface area contributed by atoms with E-state index in [2.05, 4.69) is 15.9 Å². The number of benzene rings is 2. The smallest absolute Gasteiger partial charge is 0.271 e. The van der Waals surface area contributed by atoms with Crippen molar-refractivity contribution in [3.63, 3.8) is 0 Å². The van der Waals surface area contributed by atoms with Gasteiger partial charge in [-0.15, -0.1) is 11.3 Å². The van der Waals surface area contributed by atoms with Crippen molar-refractivity contribution in [2.75, 3.05) is 11.5 Å². The minimum absolute atomic E-state index is 0.127. The molecule has 0 spiro atoms. The van der Waals surface area contributed by atoms with Crippen LogP contribution < -0.4 is 9.64 Å². The van der Waals surface area contributed by atoms with Crippen molar-refractivity contribution in [1.29, 1.82) is 0 Å². The standard InChI is InChI=1S/C22H17BrN2O6S2/c1-2-31-17-8-6-15(7-9-17)24-21(26)19(13-18-10-11-20(23)32-18)33(29,30)22(24)14-4-3-5-16(12-14)25(27)28/h3-13,22H,2H2,1H3. The fraction of sp³-hybridized carbons (Fsp3) is 0.136. The van der Waals surface area contributed by atoms with E-state index in [4.69, 9.17) is 4.74 Å². The number of anilines is 1. The van der Waals surface area contributed by atoms with Crippen molar-refractivity contribution in [2.24, 2.45) is 0 Å². The maximum atomic E-state index is 13.6. The van der Waals surface area contributed by atoms with Gasteiger partial charge in [0.25, 0.3) is 11.6 Å². The second-order valence-corrected chi connectivity index (χ2v) is 11.5. The van der Waals surface area contributed by atoms with Crippen LogP contribution in [0.25, 0.3) is 6.08 Å². The molecule has 4 rings (SSSR count). The van der Waals surface area contributed by atoms with Gasteiger partial charge in [-0.1, -0.05) is 12.1 Å². The SMILES string of the molecule is CCOc1ccc(N2C(=O)C(=Cc3ccc(Br)s3)S(=O)(=O)C2c2cccc([N+](=O)[O-])c2)cc1. The molecule has 1 aliphatic rings. The highest BCUT2D eigenvalue weighted by molar-refractivity contribution is 9.11. The number of halogens is 1. The van der Waals surface area contributed by atoms with Gasteiger partial charge in [-0.3, -0.25) is 19.8 Å². The van der Waals surface area contributed by atoms with Gasteiger partial charge in [0.1, 0.15) is 10.7 Å². The number of nitro benzene ring substituents is 1. The van der Waals surface area contributed by atoms with Crippen molar-refractivity contribution < 1.29 is 22.9 Å². The van der Waals surface area contributed by atoms with Crippen molar-refractivity contribution in [3.8, 4) is 5.75 Å². The molecule has 0 radical (unpaired) electrons. The van der Waals surface area contributed by atoms with Crippen LogP contribution in [0.4, 0.5) is 11.4 Å².